The van der Waals surface area contributed by atoms with Crippen molar-refractivity contribution in [3.05, 3.63) is 17.7 Å². The summed E-state index contributed by atoms with van der Waals surface area (Å²) < 4.78 is 16.2. The molecule has 0 saturated heterocycles. The van der Waals surface area contributed by atoms with Crippen molar-refractivity contribution in [2.75, 3.05) is 21.3 Å². The van der Waals surface area contributed by atoms with E-state index in [1.54, 1.807) is 21.3 Å². The predicted octanol–water partition coefficient (Wildman–Crippen LogP) is 4.79. The standard InChI is InChI=1S/C17H28O3/c1-6-8-9-10-13(7-2)14-11-15(18-3)17(20-5)16(12-14)19-4/h11-13H,6-10H2,1-5H3. The summed E-state index contributed by atoms with van der Waals surface area (Å²) in [6.07, 6.45) is 6.16. The van der Waals surface area contributed by atoms with Gasteiger partial charge in [-0.05, 0) is 36.5 Å². The molecule has 3 heteroatoms. The summed E-state index contributed by atoms with van der Waals surface area (Å²) in [5.41, 5.74) is 1.28. The fourth-order valence-corrected chi connectivity index (χ4v) is 2.58. The average Bonchev–Trinajstić information content (AvgIpc) is 2.50. The second kappa shape index (κ2) is 8.72. The zero-order valence-electron chi connectivity index (χ0n) is 13.5. The van der Waals surface area contributed by atoms with Gasteiger partial charge in [0.25, 0.3) is 0 Å². The van der Waals surface area contributed by atoms with Gasteiger partial charge in [-0.15, -0.1) is 0 Å². The average molecular weight is 280 g/mol. The van der Waals surface area contributed by atoms with Crippen LogP contribution in [-0.2, 0) is 0 Å². The molecule has 0 radical (unpaired) electrons. The van der Waals surface area contributed by atoms with Gasteiger partial charge in [-0.2, -0.15) is 0 Å². The first-order valence-electron chi connectivity index (χ1n) is 7.51. The Morgan fingerprint density at radius 3 is 1.90 bits per heavy atom. The fourth-order valence-electron chi connectivity index (χ4n) is 2.58. The molecular weight excluding hydrogens is 252 g/mol. The first-order chi connectivity index (χ1) is 9.71. The summed E-state index contributed by atoms with van der Waals surface area (Å²) in [4.78, 5) is 0. The Labute approximate surface area is 123 Å². The third kappa shape index (κ3) is 4.06. The van der Waals surface area contributed by atoms with Gasteiger partial charge in [0.05, 0.1) is 21.3 Å². The van der Waals surface area contributed by atoms with Crippen molar-refractivity contribution in [3.8, 4) is 17.2 Å². The van der Waals surface area contributed by atoms with Crippen molar-refractivity contribution < 1.29 is 14.2 Å². The van der Waals surface area contributed by atoms with E-state index in [1.165, 1.54) is 31.2 Å². The molecule has 1 rings (SSSR count). The maximum absolute atomic E-state index is 5.43. The summed E-state index contributed by atoms with van der Waals surface area (Å²) >= 11 is 0. The summed E-state index contributed by atoms with van der Waals surface area (Å²) in [7, 11) is 4.97. The molecule has 0 heterocycles. The van der Waals surface area contributed by atoms with Gasteiger partial charge in [0, 0.05) is 0 Å². The Morgan fingerprint density at radius 1 is 0.900 bits per heavy atom. The van der Waals surface area contributed by atoms with E-state index in [1.807, 2.05) is 0 Å². The van der Waals surface area contributed by atoms with Crippen LogP contribution in [0.3, 0.4) is 0 Å². The highest BCUT2D eigenvalue weighted by Gasteiger charge is 2.17. The molecule has 0 N–H and O–H groups in total. The number of hydrogen-bond acceptors (Lipinski definition) is 3. The molecule has 0 aliphatic carbocycles. The van der Waals surface area contributed by atoms with Crippen LogP contribution in [-0.4, -0.2) is 21.3 Å². The fraction of sp³-hybridized carbons (Fsp3) is 0.647. The monoisotopic (exact) mass is 280 g/mol. The number of hydrogen-bond donors (Lipinski definition) is 0. The normalized spacial score (nSPS) is 12.1. The molecular formula is C17H28O3. The molecule has 0 amide bonds. The molecule has 1 unspecified atom stereocenters. The van der Waals surface area contributed by atoms with Gasteiger partial charge in [-0.3, -0.25) is 0 Å². The second-order valence-electron chi connectivity index (χ2n) is 5.06. The lowest BCUT2D eigenvalue weighted by Gasteiger charge is -2.19. The lowest BCUT2D eigenvalue weighted by Crippen LogP contribution is -2.01. The van der Waals surface area contributed by atoms with Gasteiger partial charge in [-0.1, -0.05) is 33.1 Å². The molecule has 1 aromatic rings. The lowest BCUT2D eigenvalue weighted by atomic mass is 9.90. The number of unbranched alkanes of at least 4 members (excludes halogenated alkanes) is 2. The Hall–Kier alpha value is -1.38. The smallest absolute Gasteiger partial charge is 0.203 e. The SMILES string of the molecule is CCCCCC(CC)c1cc(OC)c(OC)c(OC)c1. The van der Waals surface area contributed by atoms with Crippen molar-refractivity contribution >= 4 is 0 Å². The lowest BCUT2D eigenvalue weighted by molar-refractivity contribution is 0.323. The van der Waals surface area contributed by atoms with Crippen LogP contribution in [0.15, 0.2) is 12.1 Å². The van der Waals surface area contributed by atoms with Crippen molar-refractivity contribution in [2.24, 2.45) is 0 Å². The van der Waals surface area contributed by atoms with E-state index < -0.39 is 0 Å². The van der Waals surface area contributed by atoms with Crippen LogP contribution in [0.5, 0.6) is 17.2 Å². The van der Waals surface area contributed by atoms with Crippen LogP contribution in [0.4, 0.5) is 0 Å². The van der Waals surface area contributed by atoms with Crippen LogP contribution in [0.2, 0.25) is 0 Å². The molecule has 1 aromatic carbocycles. The van der Waals surface area contributed by atoms with E-state index in [-0.39, 0.29) is 0 Å². The Balaban J connectivity index is 3.03. The molecule has 0 bridgehead atoms. The topological polar surface area (TPSA) is 27.7 Å². The van der Waals surface area contributed by atoms with E-state index in [2.05, 4.69) is 26.0 Å². The van der Waals surface area contributed by atoms with Crippen molar-refractivity contribution in [2.45, 2.75) is 51.9 Å². The van der Waals surface area contributed by atoms with Gasteiger partial charge >= 0.3 is 0 Å². The Morgan fingerprint density at radius 2 is 1.50 bits per heavy atom. The number of ether oxygens (including phenoxy) is 3. The molecule has 3 nitrogen and oxygen atoms in total. The van der Waals surface area contributed by atoms with Crippen LogP contribution in [0.1, 0.15) is 57.4 Å². The third-order valence-corrected chi connectivity index (χ3v) is 3.81. The van der Waals surface area contributed by atoms with E-state index in [4.69, 9.17) is 14.2 Å². The highest BCUT2D eigenvalue weighted by atomic mass is 16.5. The van der Waals surface area contributed by atoms with E-state index >= 15 is 0 Å². The third-order valence-electron chi connectivity index (χ3n) is 3.81. The highest BCUT2D eigenvalue weighted by molar-refractivity contribution is 5.54. The van der Waals surface area contributed by atoms with Crippen LogP contribution < -0.4 is 14.2 Å². The molecule has 0 spiro atoms. The van der Waals surface area contributed by atoms with Gasteiger partial charge in [0.1, 0.15) is 0 Å². The maximum Gasteiger partial charge on any atom is 0.203 e. The molecule has 0 aliphatic heterocycles. The molecule has 0 saturated carbocycles. The summed E-state index contributed by atoms with van der Waals surface area (Å²) in [5.74, 6) is 2.71. The molecule has 20 heavy (non-hydrogen) atoms. The summed E-state index contributed by atoms with van der Waals surface area (Å²) in [6, 6.07) is 4.17. The number of rotatable bonds is 9. The number of benzene rings is 1. The van der Waals surface area contributed by atoms with Crippen molar-refractivity contribution in [3.63, 3.8) is 0 Å². The first kappa shape index (κ1) is 16.7. The summed E-state index contributed by atoms with van der Waals surface area (Å²) in [6.45, 7) is 4.47. The number of methoxy groups -OCH3 is 3. The quantitative estimate of drug-likeness (QED) is 0.609. The molecule has 114 valence electrons. The van der Waals surface area contributed by atoms with Gasteiger partial charge in [0.2, 0.25) is 5.75 Å². The van der Waals surface area contributed by atoms with Crippen LogP contribution >= 0.6 is 0 Å². The minimum atomic E-state index is 0.551. The molecule has 0 fully saturated rings. The Bertz CT molecular complexity index is 376. The van der Waals surface area contributed by atoms with Gasteiger partial charge < -0.3 is 14.2 Å². The predicted molar refractivity (Wildman–Crippen MR) is 83.3 cm³/mol. The van der Waals surface area contributed by atoms with E-state index in [0.717, 1.165) is 17.9 Å². The van der Waals surface area contributed by atoms with E-state index in [9.17, 15) is 0 Å². The zero-order chi connectivity index (χ0) is 15.0. The maximum atomic E-state index is 5.43. The minimum absolute atomic E-state index is 0.551. The van der Waals surface area contributed by atoms with Gasteiger partial charge in [-0.25, -0.2) is 0 Å². The molecule has 1 atom stereocenters. The van der Waals surface area contributed by atoms with Gasteiger partial charge in [0.15, 0.2) is 11.5 Å². The highest BCUT2D eigenvalue weighted by Crippen LogP contribution is 2.41. The summed E-state index contributed by atoms with van der Waals surface area (Å²) in [5, 5.41) is 0. The first-order valence-corrected chi connectivity index (χ1v) is 7.51. The largest absolute Gasteiger partial charge is 0.493 e. The van der Waals surface area contributed by atoms with Crippen LogP contribution in [0.25, 0.3) is 0 Å². The van der Waals surface area contributed by atoms with E-state index in [0.29, 0.717) is 11.7 Å². The van der Waals surface area contributed by atoms with Crippen LogP contribution in [0, 0.1) is 0 Å². The Kier molecular flexibility index (Phi) is 7.27. The van der Waals surface area contributed by atoms with Crippen molar-refractivity contribution in [1.29, 1.82) is 0 Å². The zero-order valence-corrected chi connectivity index (χ0v) is 13.5. The molecule has 0 aliphatic rings. The van der Waals surface area contributed by atoms with Crippen molar-refractivity contribution in [1.82, 2.24) is 0 Å². The second-order valence-corrected chi connectivity index (χ2v) is 5.06. The molecule has 0 aromatic heterocycles. The minimum Gasteiger partial charge on any atom is -0.493 e.